The summed E-state index contributed by atoms with van der Waals surface area (Å²) >= 11 is 6.05. The average molecular weight is 477 g/mol. The first kappa shape index (κ1) is 25.5. The van der Waals surface area contributed by atoms with Crippen LogP contribution < -0.4 is 5.32 Å². The van der Waals surface area contributed by atoms with E-state index in [2.05, 4.69) is 5.32 Å². The lowest BCUT2D eigenvalue weighted by Gasteiger charge is -2.31. The lowest BCUT2D eigenvalue weighted by atomic mass is 9.88. The normalized spacial score (nSPS) is 11.9. The number of carbonyl (C=O) groups excluding carboxylic acids is 2. The zero-order valence-corrected chi connectivity index (χ0v) is 20.8. The van der Waals surface area contributed by atoms with E-state index in [9.17, 15) is 9.59 Å². The number of nitrogens with zero attached hydrogens (tertiary/aromatic N) is 1. The maximum Gasteiger partial charge on any atom is 0.242 e. The van der Waals surface area contributed by atoms with Crippen LogP contribution in [0.4, 0.5) is 0 Å². The number of amides is 2. The van der Waals surface area contributed by atoms with Gasteiger partial charge < -0.3 is 10.2 Å². The van der Waals surface area contributed by atoms with Gasteiger partial charge in [0, 0.05) is 30.5 Å². The largest absolute Gasteiger partial charge is 0.354 e. The maximum atomic E-state index is 13.8. The SMILES string of the molecule is CC(C)CNC(=O)[C@@H](C)N(Cc1ccc(Cl)cc1)C(=O)CC(c1ccccc1)c1ccccc1. The fraction of sp³-hybridized carbons (Fsp3) is 0.310. The molecule has 4 nitrogen and oxygen atoms in total. The van der Waals surface area contributed by atoms with Crippen LogP contribution in [-0.2, 0) is 16.1 Å². The molecule has 3 aromatic rings. The van der Waals surface area contributed by atoms with E-state index in [0.29, 0.717) is 24.0 Å². The van der Waals surface area contributed by atoms with Gasteiger partial charge in [0.1, 0.15) is 6.04 Å². The van der Waals surface area contributed by atoms with Crippen LogP contribution in [-0.4, -0.2) is 29.3 Å². The molecule has 1 atom stereocenters. The van der Waals surface area contributed by atoms with Gasteiger partial charge in [0.05, 0.1) is 0 Å². The monoisotopic (exact) mass is 476 g/mol. The highest BCUT2D eigenvalue weighted by atomic mass is 35.5. The van der Waals surface area contributed by atoms with Crippen molar-refractivity contribution in [1.82, 2.24) is 10.2 Å². The Morgan fingerprint density at radius 2 is 1.35 bits per heavy atom. The smallest absolute Gasteiger partial charge is 0.242 e. The molecule has 0 saturated heterocycles. The molecule has 178 valence electrons. The van der Waals surface area contributed by atoms with E-state index in [1.807, 2.05) is 86.6 Å². The molecule has 0 fully saturated rings. The minimum absolute atomic E-state index is 0.0696. The van der Waals surface area contributed by atoms with E-state index >= 15 is 0 Å². The van der Waals surface area contributed by atoms with Crippen molar-refractivity contribution in [1.29, 1.82) is 0 Å². The van der Waals surface area contributed by atoms with Gasteiger partial charge in [-0.15, -0.1) is 0 Å². The number of hydrogen-bond acceptors (Lipinski definition) is 2. The van der Waals surface area contributed by atoms with Crippen molar-refractivity contribution < 1.29 is 9.59 Å². The van der Waals surface area contributed by atoms with E-state index in [0.717, 1.165) is 16.7 Å². The fourth-order valence-electron chi connectivity index (χ4n) is 3.91. The zero-order valence-electron chi connectivity index (χ0n) is 20.1. The minimum atomic E-state index is -0.603. The third-order valence-electron chi connectivity index (χ3n) is 5.90. The van der Waals surface area contributed by atoms with Gasteiger partial charge in [-0.05, 0) is 41.7 Å². The van der Waals surface area contributed by atoms with Crippen LogP contribution in [0.25, 0.3) is 0 Å². The van der Waals surface area contributed by atoms with E-state index in [-0.39, 0.29) is 24.2 Å². The maximum absolute atomic E-state index is 13.8. The second-order valence-electron chi connectivity index (χ2n) is 9.04. The second kappa shape index (κ2) is 12.4. The Morgan fingerprint density at radius 1 is 0.824 bits per heavy atom. The second-order valence-corrected chi connectivity index (χ2v) is 9.48. The first-order chi connectivity index (χ1) is 16.3. The van der Waals surface area contributed by atoms with E-state index < -0.39 is 6.04 Å². The molecule has 34 heavy (non-hydrogen) atoms. The van der Waals surface area contributed by atoms with Crippen LogP contribution in [0.2, 0.25) is 5.02 Å². The van der Waals surface area contributed by atoms with Crippen LogP contribution in [0, 0.1) is 5.92 Å². The molecule has 3 rings (SSSR count). The summed E-state index contributed by atoms with van der Waals surface area (Å²) in [6.45, 7) is 6.80. The van der Waals surface area contributed by atoms with Crippen LogP contribution in [0.3, 0.4) is 0 Å². The molecule has 3 aromatic carbocycles. The third kappa shape index (κ3) is 7.19. The molecular formula is C29H33ClN2O2. The molecule has 0 aliphatic heterocycles. The molecule has 2 amide bonds. The first-order valence-electron chi connectivity index (χ1n) is 11.8. The summed E-state index contributed by atoms with van der Waals surface area (Å²) in [7, 11) is 0. The van der Waals surface area contributed by atoms with Crippen LogP contribution in [0.15, 0.2) is 84.9 Å². The Hall–Kier alpha value is -3.11. The lowest BCUT2D eigenvalue weighted by molar-refractivity contribution is -0.140. The Balaban J connectivity index is 1.88. The summed E-state index contributed by atoms with van der Waals surface area (Å²) in [5, 5.41) is 3.61. The summed E-state index contributed by atoms with van der Waals surface area (Å²) < 4.78 is 0. The topological polar surface area (TPSA) is 49.4 Å². The molecule has 0 heterocycles. The zero-order chi connectivity index (χ0) is 24.5. The van der Waals surface area contributed by atoms with Gasteiger partial charge in [0.15, 0.2) is 0 Å². The Labute approximate surface area is 207 Å². The molecule has 0 radical (unpaired) electrons. The summed E-state index contributed by atoms with van der Waals surface area (Å²) in [5.41, 5.74) is 3.08. The van der Waals surface area contributed by atoms with Gasteiger partial charge in [0.25, 0.3) is 0 Å². The highest BCUT2D eigenvalue weighted by Crippen LogP contribution is 2.29. The molecule has 0 saturated carbocycles. The predicted octanol–water partition coefficient (Wildman–Crippen LogP) is 6.05. The molecule has 0 aliphatic rings. The van der Waals surface area contributed by atoms with Gasteiger partial charge >= 0.3 is 0 Å². The summed E-state index contributed by atoms with van der Waals surface area (Å²) in [4.78, 5) is 28.4. The molecule has 0 spiro atoms. The van der Waals surface area contributed by atoms with Crippen molar-refractivity contribution in [3.05, 3.63) is 107 Å². The highest BCUT2D eigenvalue weighted by molar-refractivity contribution is 6.30. The highest BCUT2D eigenvalue weighted by Gasteiger charge is 2.29. The van der Waals surface area contributed by atoms with E-state index in [1.54, 1.807) is 24.0 Å². The van der Waals surface area contributed by atoms with Crippen molar-refractivity contribution >= 4 is 23.4 Å². The lowest BCUT2D eigenvalue weighted by Crippen LogP contribution is -2.48. The molecule has 0 unspecified atom stereocenters. The van der Waals surface area contributed by atoms with Crippen LogP contribution in [0.1, 0.15) is 49.8 Å². The Morgan fingerprint density at radius 3 is 1.85 bits per heavy atom. The molecular weight excluding hydrogens is 444 g/mol. The molecule has 0 bridgehead atoms. The predicted molar refractivity (Wildman–Crippen MR) is 139 cm³/mol. The quantitative estimate of drug-likeness (QED) is 0.387. The Kier molecular flexibility index (Phi) is 9.29. The first-order valence-corrected chi connectivity index (χ1v) is 12.1. The van der Waals surface area contributed by atoms with Gasteiger partial charge in [-0.25, -0.2) is 0 Å². The van der Waals surface area contributed by atoms with Crippen molar-refractivity contribution in [3.8, 4) is 0 Å². The van der Waals surface area contributed by atoms with Crippen molar-refractivity contribution in [2.75, 3.05) is 6.54 Å². The number of nitrogens with one attached hydrogen (secondary N) is 1. The van der Waals surface area contributed by atoms with Crippen LogP contribution >= 0.6 is 11.6 Å². The number of halogens is 1. The van der Waals surface area contributed by atoms with Crippen molar-refractivity contribution in [3.63, 3.8) is 0 Å². The molecule has 5 heteroatoms. The molecule has 1 N–H and O–H groups in total. The van der Waals surface area contributed by atoms with E-state index in [4.69, 9.17) is 11.6 Å². The number of benzene rings is 3. The van der Waals surface area contributed by atoms with Gasteiger partial charge in [-0.3, -0.25) is 9.59 Å². The summed E-state index contributed by atoms with van der Waals surface area (Å²) in [5.74, 6) is 0.0116. The summed E-state index contributed by atoms with van der Waals surface area (Å²) in [6, 6.07) is 26.9. The standard InChI is InChI=1S/C29H33ClN2O2/c1-21(2)19-31-29(34)22(3)32(20-23-14-16-26(30)17-15-23)28(33)18-27(24-10-6-4-7-11-24)25-12-8-5-9-13-25/h4-17,21-22,27H,18-20H2,1-3H3,(H,31,34)/t22-/m1/s1. The van der Waals surface area contributed by atoms with Gasteiger partial charge in [0.2, 0.25) is 11.8 Å². The number of rotatable bonds is 10. The van der Waals surface area contributed by atoms with Gasteiger partial charge in [-0.2, -0.15) is 0 Å². The van der Waals surface area contributed by atoms with Gasteiger partial charge in [-0.1, -0.05) is 98.2 Å². The van der Waals surface area contributed by atoms with E-state index in [1.165, 1.54) is 0 Å². The Bertz CT molecular complexity index is 1010. The third-order valence-corrected chi connectivity index (χ3v) is 6.15. The average Bonchev–Trinajstić information content (AvgIpc) is 2.86. The van der Waals surface area contributed by atoms with Crippen molar-refractivity contribution in [2.45, 2.75) is 45.7 Å². The molecule has 0 aliphatic carbocycles. The van der Waals surface area contributed by atoms with Crippen LogP contribution in [0.5, 0.6) is 0 Å². The fourth-order valence-corrected chi connectivity index (χ4v) is 4.04. The minimum Gasteiger partial charge on any atom is -0.354 e. The number of hydrogen-bond donors (Lipinski definition) is 1. The summed E-state index contributed by atoms with van der Waals surface area (Å²) in [6.07, 6.45) is 0.267. The van der Waals surface area contributed by atoms with Crippen molar-refractivity contribution in [2.24, 2.45) is 5.92 Å². The molecule has 0 aromatic heterocycles. The number of carbonyl (C=O) groups is 2.